The van der Waals surface area contributed by atoms with Gasteiger partial charge in [0.1, 0.15) is 0 Å². The summed E-state index contributed by atoms with van der Waals surface area (Å²) >= 11 is 0. The van der Waals surface area contributed by atoms with Crippen LogP contribution in [0.2, 0.25) is 0 Å². The van der Waals surface area contributed by atoms with E-state index in [1.165, 1.54) is 0 Å². The second-order valence-corrected chi connectivity index (χ2v) is 6.14. The van der Waals surface area contributed by atoms with Gasteiger partial charge in [0, 0.05) is 25.1 Å². The molecule has 0 unspecified atom stereocenters. The predicted octanol–water partition coefficient (Wildman–Crippen LogP) is 1.91. The van der Waals surface area contributed by atoms with Gasteiger partial charge in [-0.3, -0.25) is 14.9 Å². The van der Waals surface area contributed by atoms with E-state index in [-0.39, 0.29) is 24.2 Å². The first-order valence-electron chi connectivity index (χ1n) is 7.38. The number of aromatic nitrogens is 2. The van der Waals surface area contributed by atoms with Crippen LogP contribution in [-0.4, -0.2) is 28.8 Å². The topological polar surface area (TPSA) is 75.2 Å². The van der Waals surface area contributed by atoms with Crippen molar-refractivity contribution in [3.05, 3.63) is 47.8 Å². The van der Waals surface area contributed by atoms with E-state index in [0.29, 0.717) is 0 Å². The third-order valence-electron chi connectivity index (χ3n) is 4.12. The SMILES string of the molecule is CN1C(=O)C(C)(C)c2cc(CC(=O)Nc3ncccn3)ccc21. The third kappa shape index (κ3) is 2.67. The van der Waals surface area contributed by atoms with E-state index in [0.717, 1.165) is 16.8 Å². The molecule has 6 heteroatoms. The smallest absolute Gasteiger partial charge is 0.236 e. The Bertz CT molecular complexity index is 771. The van der Waals surface area contributed by atoms with Crippen LogP contribution in [0.25, 0.3) is 0 Å². The van der Waals surface area contributed by atoms with Gasteiger partial charge in [-0.1, -0.05) is 12.1 Å². The number of hydrogen-bond acceptors (Lipinski definition) is 4. The molecule has 23 heavy (non-hydrogen) atoms. The van der Waals surface area contributed by atoms with Crippen LogP contribution in [0.15, 0.2) is 36.7 Å². The van der Waals surface area contributed by atoms with Crippen LogP contribution in [0.3, 0.4) is 0 Å². The van der Waals surface area contributed by atoms with Crippen molar-refractivity contribution < 1.29 is 9.59 Å². The number of benzene rings is 1. The summed E-state index contributed by atoms with van der Waals surface area (Å²) in [6.45, 7) is 3.80. The average molecular weight is 310 g/mol. The summed E-state index contributed by atoms with van der Waals surface area (Å²) in [7, 11) is 1.77. The van der Waals surface area contributed by atoms with Gasteiger partial charge in [-0.2, -0.15) is 0 Å². The molecule has 2 aromatic rings. The molecule has 0 radical (unpaired) electrons. The van der Waals surface area contributed by atoms with E-state index in [9.17, 15) is 9.59 Å². The van der Waals surface area contributed by atoms with Crippen LogP contribution >= 0.6 is 0 Å². The molecule has 1 aliphatic heterocycles. The molecular weight excluding hydrogens is 292 g/mol. The second-order valence-electron chi connectivity index (χ2n) is 6.14. The lowest BCUT2D eigenvalue weighted by atomic mass is 9.85. The summed E-state index contributed by atoms with van der Waals surface area (Å²) in [6, 6.07) is 7.38. The van der Waals surface area contributed by atoms with Crippen molar-refractivity contribution in [1.82, 2.24) is 9.97 Å². The summed E-state index contributed by atoms with van der Waals surface area (Å²) < 4.78 is 0. The van der Waals surface area contributed by atoms with Crippen LogP contribution in [0.4, 0.5) is 11.6 Å². The molecule has 1 aromatic heterocycles. The molecule has 6 nitrogen and oxygen atoms in total. The van der Waals surface area contributed by atoms with Gasteiger partial charge in [0.2, 0.25) is 17.8 Å². The van der Waals surface area contributed by atoms with E-state index in [2.05, 4.69) is 15.3 Å². The first-order chi connectivity index (χ1) is 10.9. The summed E-state index contributed by atoms with van der Waals surface area (Å²) in [5.74, 6) is 0.160. The second kappa shape index (κ2) is 5.46. The summed E-state index contributed by atoms with van der Waals surface area (Å²) in [5, 5.41) is 2.66. The van der Waals surface area contributed by atoms with Crippen molar-refractivity contribution in [2.75, 3.05) is 17.3 Å². The van der Waals surface area contributed by atoms with Gasteiger partial charge in [-0.05, 0) is 37.1 Å². The molecule has 1 N–H and O–H groups in total. The highest BCUT2D eigenvalue weighted by Gasteiger charge is 2.42. The number of rotatable bonds is 3. The van der Waals surface area contributed by atoms with Gasteiger partial charge in [0.25, 0.3) is 0 Å². The van der Waals surface area contributed by atoms with Gasteiger partial charge in [-0.15, -0.1) is 0 Å². The highest BCUT2D eigenvalue weighted by atomic mass is 16.2. The number of nitrogens with zero attached hydrogens (tertiary/aromatic N) is 3. The van der Waals surface area contributed by atoms with E-state index in [1.807, 2.05) is 32.0 Å². The predicted molar refractivity (Wildman–Crippen MR) is 87.2 cm³/mol. The Hall–Kier alpha value is -2.76. The molecule has 0 saturated heterocycles. The summed E-state index contributed by atoms with van der Waals surface area (Å²) in [4.78, 5) is 34.0. The lowest BCUT2D eigenvalue weighted by molar-refractivity contribution is -0.121. The Balaban J connectivity index is 1.80. The number of carbonyl (C=O) groups is 2. The molecule has 2 heterocycles. The van der Waals surface area contributed by atoms with Gasteiger partial charge in [0.05, 0.1) is 11.8 Å². The van der Waals surface area contributed by atoms with Gasteiger partial charge >= 0.3 is 0 Å². The zero-order chi connectivity index (χ0) is 16.6. The minimum absolute atomic E-state index is 0.0618. The standard InChI is InChI=1S/C17H18N4O2/c1-17(2)12-9-11(5-6-13(12)21(3)15(17)23)10-14(22)20-16-18-7-4-8-19-16/h4-9H,10H2,1-3H3,(H,18,19,20,22). The Morgan fingerprint density at radius 2 is 1.96 bits per heavy atom. The maximum atomic E-state index is 12.3. The van der Waals surface area contributed by atoms with Crippen LogP contribution < -0.4 is 10.2 Å². The molecular formula is C17H18N4O2. The van der Waals surface area contributed by atoms with Crippen molar-refractivity contribution in [2.24, 2.45) is 0 Å². The van der Waals surface area contributed by atoms with Crippen LogP contribution in [0.5, 0.6) is 0 Å². The zero-order valence-corrected chi connectivity index (χ0v) is 13.3. The molecule has 0 bridgehead atoms. The number of carbonyl (C=O) groups excluding carboxylic acids is 2. The highest BCUT2D eigenvalue weighted by molar-refractivity contribution is 6.07. The Labute approximate surface area is 134 Å². The molecule has 0 atom stereocenters. The fraction of sp³-hybridized carbons (Fsp3) is 0.294. The minimum atomic E-state index is -0.570. The summed E-state index contributed by atoms with van der Waals surface area (Å²) in [6.07, 6.45) is 3.35. The van der Waals surface area contributed by atoms with Crippen LogP contribution in [0, 0.1) is 0 Å². The Kier molecular flexibility index (Phi) is 3.60. The normalized spacial score (nSPS) is 15.4. The maximum absolute atomic E-state index is 12.3. The van der Waals surface area contributed by atoms with E-state index < -0.39 is 5.41 Å². The van der Waals surface area contributed by atoms with Crippen LogP contribution in [-0.2, 0) is 21.4 Å². The van der Waals surface area contributed by atoms with Gasteiger partial charge in [0.15, 0.2) is 0 Å². The van der Waals surface area contributed by atoms with E-state index in [4.69, 9.17) is 0 Å². The van der Waals surface area contributed by atoms with Crippen molar-refractivity contribution in [2.45, 2.75) is 25.7 Å². The number of likely N-dealkylation sites (N-methyl/N-ethyl adjacent to an activating group) is 1. The van der Waals surface area contributed by atoms with E-state index >= 15 is 0 Å². The minimum Gasteiger partial charge on any atom is -0.314 e. The lowest BCUT2D eigenvalue weighted by Crippen LogP contribution is -2.33. The first kappa shape index (κ1) is 15.1. The highest BCUT2D eigenvalue weighted by Crippen LogP contribution is 2.41. The zero-order valence-electron chi connectivity index (χ0n) is 13.3. The lowest BCUT2D eigenvalue weighted by Gasteiger charge is -2.16. The van der Waals surface area contributed by atoms with Crippen molar-refractivity contribution >= 4 is 23.5 Å². The molecule has 118 valence electrons. The number of fused-ring (bicyclic) bond motifs is 1. The van der Waals surface area contributed by atoms with Gasteiger partial charge < -0.3 is 4.90 Å². The molecule has 3 rings (SSSR count). The first-order valence-corrected chi connectivity index (χ1v) is 7.38. The fourth-order valence-corrected chi connectivity index (χ4v) is 2.85. The monoisotopic (exact) mass is 310 g/mol. The maximum Gasteiger partial charge on any atom is 0.236 e. The van der Waals surface area contributed by atoms with Crippen molar-refractivity contribution in [3.63, 3.8) is 0 Å². The number of nitrogens with one attached hydrogen (secondary N) is 1. The number of anilines is 2. The van der Waals surface area contributed by atoms with Gasteiger partial charge in [-0.25, -0.2) is 9.97 Å². The molecule has 1 aromatic carbocycles. The Morgan fingerprint density at radius 3 is 2.65 bits per heavy atom. The average Bonchev–Trinajstić information content (AvgIpc) is 2.69. The fourth-order valence-electron chi connectivity index (χ4n) is 2.85. The molecule has 0 spiro atoms. The quantitative estimate of drug-likeness (QED) is 0.939. The molecule has 2 amide bonds. The third-order valence-corrected chi connectivity index (χ3v) is 4.12. The van der Waals surface area contributed by atoms with Crippen LogP contribution in [0.1, 0.15) is 25.0 Å². The molecule has 1 aliphatic rings. The summed E-state index contributed by atoms with van der Waals surface area (Å²) in [5.41, 5.74) is 2.13. The molecule has 0 saturated carbocycles. The van der Waals surface area contributed by atoms with Crippen molar-refractivity contribution in [1.29, 1.82) is 0 Å². The number of hydrogen-bond donors (Lipinski definition) is 1. The molecule has 0 aliphatic carbocycles. The van der Waals surface area contributed by atoms with Crippen molar-refractivity contribution in [3.8, 4) is 0 Å². The largest absolute Gasteiger partial charge is 0.314 e. The molecule has 0 fully saturated rings. The Morgan fingerprint density at radius 1 is 1.26 bits per heavy atom. The van der Waals surface area contributed by atoms with E-state index in [1.54, 1.807) is 30.4 Å². The number of amides is 2.